The molecule has 0 spiro atoms. The second kappa shape index (κ2) is 9.72. The maximum atomic E-state index is 13.9. The Morgan fingerprint density at radius 1 is 1.00 bits per heavy atom. The number of carbonyl (C=O) groups excluding carboxylic acids is 1. The summed E-state index contributed by atoms with van der Waals surface area (Å²) in [6.07, 6.45) is 1.62. The molecule has 0 atom stereocenters. The van der Waals surface area contributed by atoms with Gasteiger partial charge in [-0.25, -0.2) is 14.2 Å². The van der Waals surface area contributed by atoms with E-state index in [9.17, 15) is 9.18 Å². The van der Waals surface area contributed by atoms with Crippen LogP contribution in [0.5, 0.6) is 11.5 Å². The summed E-state index contributed by atoms with van der Waals surface area (Å²) in [5.74, 6) is 0.217. The van der Waals surface area contributed by atoms with E-state index in [1.54, 1.807) is 36.4 Å². The van der Waals surface area contributed by atoms with Crippen LogP contribution in [0.25, 0.3) is 16.8 Å². The maximum absolute atomic E-state index is 13.9. The minimum atomic E-state index is -0.539. The van der Waals surface area contributed by atoms with Crippen LogP contribution >= 0.6 is 15.9 Å². The lowest BCUT2D eigenvalue weighted by molar-refractivity contribution is -0.129. The van der Waals surface area contributed by atoms with Crippen LogP contribution in [0.4, 0.5) is 4.39 Å². The van der Waals surface area contributed by atoms with Crippen LogP contribution in [-0.2, 0) is 16.1 Å². The van der Waals surface area contributed by atoms with Crippen LogP contribution in [0.1, 0.15) is 16.7 Å². The second-order valence-corrected chi connectivity index (χ2v) is 8.67. The van der Waals surface area contributed by atoms with Gasteiger partial charge >= 0.3 is 5.97 Å². The van der Waals surface area contributed by atoms with Crippen molar-refractivity contribution in [1.82, 2.24) is 0 Å². The molecule has 0 unspecified atom stereocenters. The number of methoxy groups -OCH3 is 1. The van der Waals surface area contributed by atoms with Crippen LogP contribution < -0.4 is 9.47 Å². The Labute approximate surface area is 209 Å². The van der Waals surface area contributed by atoms with Crippen molar-refractivity contribution in [2.75, 3.05) is 7.11 Å². The molecule has 1 aliphatic rings. The van der Waals surface area contributed by atoms with Crippen LogP contribution in [0, 0.1) is 5.82 Å². The number of benzene rings is 4. The van der Waals surface area contributed by atoms with E-state index >= 15 is 0 Å². The summed E-state index contributed by atoms with van der Waals surface area (Å²) < 4.78 is 31.3. The molecule has 0 N–H and O–H groups in total. The predicted octanol–water partition coefficient (Wildman–Crippen LogP) is 6.67. The van der Waals surface area contributed by atoms with Crippen LogP contribution in [-0.4, -0.2) is 19.0 Å². The van der Waals surface area contributed by atoms with Gasteiger partial charge in [-0.05, 0) is 68.7 Å². The number of halogens is 2. The number of carbonyl (C=O) groups is 1. The number of fused-ring (bicyclic) bond motifs is 1. The number of cyclic esters (lactones) is 1. The zero-order valence-electron chi connectivity index (χ0n) is 18.6. The second-order valence-electron chi connectivity index (χ2n) is 7.81. The third-order valence-electron chi connectivity index (χ3n) is 5.50. The average molecular weight is 532 g/mol. The highest BCUT2D eigenvalue weighted by atomic mass is 79.9. The van der Waals surface area contributed by atoms with Crippen LogP contribution in [0.3, 0.4) is 0 Å². The number of nitrogens with zero attached hydrogens (tertiary/aromatic N) is 1. The summed E-state index contributed by atoms with van der Waals surface area (Å²) in [5, 5.41) is 2.12. The van der Waals surface area contributed by atoms with E-state index in [4.69, 9.17) is 14.2 Å². The van der Waals surface area contributed by atoms with Crippen LogP contribution in [0.15, 0.2) is 94.0 Å². The molecule has 0 fully saturated rings. The number of ether oxygens (including phenoxy) is 3. The van der Waals surface area contributed by atoms with E-state index in [2.05, 4.69) is 20.9 Å². The molecule has 4 aromatic carbocycles. The fourth-order valence-corrected chi connectivity index (χ4v) is 4.32. The molecule has 0 saturated heterocycles. The van der Waals surface area contributed by atoms with Gasteiger partial charge in [0.2, 0.25) is 5.90 Å². The number of esters is 1. The average Bonchev–Trinajstić information content (AvgIpc) is 3.23. The third kappa shape index (κ3) is 4.81. The van der Waals surface area contributed by atoms with Gasteiger partial charge in [0.05, 0.1) is 11.6 Å². The van der Waals surface area contributed by atoms with Crippen molar-refractivity contribution < 1.29 is 23.4 Å². The molecule has 0 bridgehead atoms. The molecule has 5 rings (SSSR count). The van der Waals surface area contributed by atoms with Crippen LogP contribution in [0.2, 0.25) is 0 Å². The number of hydrogen-bond donors (Lipinski definition) is 0. The maximum Gasteiger partial charge on any atom is 0.363 e. The first-order valence-corrected chi connectivity index (χ1v) is 11.6. The highest BCUT2D eigenvalue weighted by Gasteiger charge is 2.25. The SMILES string of the molecule is COc1cc(/C=C2\N=C(c3ccc4ccccc4c3)OC2=O)cc(Br)c1OCc1ccccc1F. The van der Waals surface area contributed by atoms with Crippen molar-refractivity contribution >= 4 is 44.6 Å². The van der Waals surface area contributed by atoms with Gasteiger partial charge in [-0.3, -0.25) is 0 Å². The van der Waals surface area contributed by atoms with Crippen molar-refractivity contribution in [3.63, 3.8) is 0 Å². The molecule has 7 heteroatoms. The molecule has 5 nitrogen and oxygen atoms in total. The summed E-state index contributed by atoms with van der Waals surface area (Å²) >= 11 is 3.49. The Kier molecular flexibility index (Phi) is 6.33. The molecular weight excluding hydrogens is 513 g/mol. The Morgan fingerprint density at radius 3 is 2.57 bits per heavy atom. The number of hydrogen-bond acceptors (Lipinski definition) is 5. The van der Waals surface area contributed by atoms with Gasteiger partial charge in [-0.15, -0.1) is 0 Å². The molecule has 0 saturated carbocycles. The largest absolute Gasteiger partial charge is 0.493 e. The highest BCUT2D eigenvalue weighted by molar-refractivity contribution is 9.10. The molecule has 0 aliphatic carbocycles. The standard InChI is InChI=1S/C28H19BrFNO4/c1-33-25-14-17(12-22(29)26(25)34-16-21-8-4-5-9-23(21)30)13-24-28(32)35-27(31-24)20-11-10-18-6-2-3-7-19(18)15-20/h2-15H,16H2,1H3/b24-13-. The molecule has 174 valence electrons. The smallest absolute Gasteiger partial charge is 0.363 e. The normalized spacial score (nSPS) is 14.2. The predicted molar refractivity (Wildman–Crippen MR) is 136 cm³/mol. The van der Waals surface area contributed by atoms with Crippen molar-refractivity contribution in [3.05, 3.63) is 112 Å². The molecule has 4 aromatic rings. The summed E-state index contributed by atoms with van der Waals surface area (Å²) in [6.45, 7) is 0.0355. The highest BCUT2D eigenvalue weighted by Crippen LogP contribution is 2.38. The van der Waals surface area contributed by atoms with Gasteiger partial charge in [-0.1, -0.05) is 48.5 Å². The fourth-order valence-electron chi connectivity index (χ4n) is 3.74. The zero-order chi connectivity index (χ0) is 24.4. The lowest BCUT2D eigenvalue weighted by Crippen LogP contribution is -2.05. The quantitative estimate of drug-likeness (QED) is 0.206. The lowest BCUT2D eigenvalue weighted by Gasteiger charge is -2.14. The minimum Gasteiger partial charge on any atom is -0.493 e. The van der Waals surface area contributed by atoms with Gasteiger partial charge in [0.1, 0.15) is 12.4 Å². The Morgan fingerprint density at radius 2 is 1.77 bits per heavy atom. The van der Waals surface area contributed by atoms with E-state index in [-0.39, 0.29) is 24.0 Å². The first kappa shape index (κ1) is 22.8. The van der Waals surface area contributed by atoms with Gasteiger partial charge in [0, 0.05) is 11.1 Å². The number of rotatable bonds is 6. The summed E-state index contributed by atoms with van der Waals surface area (Å²) in [4.78, 5) is 16.9. The van der Waals surface area contributed by atoms with E-state index in [0.717, 1.165) is 16.3 Å². The van der Waals surface area contributed by atoms with E-state index in [1.807, 2.05) is 42.5 Å². The Balaban J connectivity index is 1.42. The molecule has 1 aliphatic heterocycles. The van der Waals surface area contributed by atoms with E-state index < -0.39 is 5.97 Å². The Bertz CT molecular complexity index is 1510. The molecule has 35 heavy (non-hydrogen) atoms. The van der Waals surface area contributed by atoms with Crippen molar-refractivity contribution in [1.29, 1.82) is 0 Å². The summed E-state index contributed by atoms with van der Waals surface area (Å²) in [7, 11) is 1.51. The molecule has 0 radical (unpaired) electrons. The van der Waals surface area contributed by atoms with E-state index in [0.29, 0.717) is 27.1 Å². The topological polar surface area (TPSA) is 57.1 Å². The van der Waals surface area contributed by atoms with Gasteiger partial charge in [0.15, 0.2) is 17.2 Å². The first-order chi connectivity index (χ1) is 17.0. The Hall–Kier alpha value is -3.97. The minimum absolute atomic E-state index is 0.0355. The summed E-state index contributed by atoms with van der Waals surface area (Å²) in [6, 6.07) is 23.6. The van der Waals surface area contributed by atoms with E-state index in [1.165, 1.54) is 13.2 Å². The zero-order valence-corrected chi connectivity index (χ0v) is 20.2. The lowest BCUT2D eigenvalue weighted by atomic mass is 10.1. The van der Waals surface area contributed by atoms with Gasteiger partial charge < -0.3 is 14.2 Å². The molecule has 0 aromatic heterocycles. The third-order valence-corrected chi connectivity index (χ3v) is 6.09. The number of aliphatic imine (C=N–C) groups is 1. The van der Waals surface area contributed by atoms with Gasteiger partial charge in [-0.2, -0.15) is 0 Å². The first-order valence-electron chi connectivity index (χ1n) is 10.8. The van der Waals surface area contributed by atoms with Crippen molar-refractivity contribution in [2.24, 2.45) is 4.99 Å². The molecule has 0 amide bonds. The summed E-state index contributed by atoms with van der Waals surface area (Å²) in [5.41, 5.74) is 1.97. The van der Waals surface area contributed by atoms with Gasteiger partial charge in [0.25, 0.3) is 0 Å². The monoisotopic (exact) mass is 531 g/mol. The fraction of sp³-hybridized carbons (Fsp3) is 0.0714. The van der Waals surface area contributed by atoms with Crippen molar-refractivity contribution in [3.8, 4) is 11.5 Å². The van der Waals surface area contributed by atoms with Crippen molar-refractivity contribution in [2.45, 2.75) is 6.61 Å². The molecule has 1 heterocycles. The molecular formula is C28H19BrFNO4.